The Morgan fingerprint density at radius 1 is 1.21 bits per heavy atom. The Bertz CT molecular complexity index is 326. The van der Waals surface area contributed by atoms with E-state index in [1.54, 1.807) is 0 Å². The number of nitrogens with zero attached hydrogens (tertiary/aromatic N) is 1. The largest absolute Gasteiger partial charge is 0.481 e. The molecule has 0 bridgehead atoms. The zero-order valence-corrected chi connectivity index (χ0v) is 9.96. The lowest BCUT2D eigenvalue weighted by molar-refractivity contribution is -0.140. The normalized spacial score (nSPS) is 16.9. The van der Waals surface area contributed by atoms with Gasteiger partial charge in [0.25, 0.3) is 11.8 Å². The fraction of sp³-hybridized carbons (Fsp3) is 0.286. The molecule has 0 aromatic rings. The van der Waals surface area contributed by atoms with Crippen LogP contribution in [-0.2, 0) is 14.4 Å². The maximum Gasteiger partial charge on any atom is 0.305 e. The van der Waals surface area contributed by atoms with Crippen LogP contribution in [0.1, 0.15) is 6.42 Å². The highest BCUT2D eigenvalue weighted by atomic mass is 79.9. The molecule has 0 aliphatic carbocycles. The van der Waals surface area contributed by atoms with E-state index in [1.807, 2.05) is 0 Å². The minimum Gasteiger partial charge on any atom is -0.481 e. The molecule has 2 amide bonds. The molecule has 0 aromatic carbocycles. The highest BCUT2D eigenvalue weighted by molar-refractivity contribution is 9.14. The zero-order valence-electron chi connectivity index (χ0n) is 6.79. The Labute approximate surface area is 96.0 Å². The van der Waals surface area contributed by atoms with Crippen molar-refractivity contribution in [1.82, 2.24) is 4.90 Å². The maximum atomic E-state index is 11.3. The standard InChI is InChI=1S/C7H5Br2NO4/c8-4-5(9)7(14)10(6(4)13)2-1-3(11)12/h1-2H2,(H,11,12). The molecule has 76 valence electrons. The number of rotatable bonds is 3. The second-order valence-corrected chi connectivity index (χ2v) is 4.12. The van der Waals surface area contributed by atoms with Crippen molar-refractivity contribution in [3.05, 3.63) is 8.96 Å². The van der Waals surface area contributed by atoms with Crippen LogP contribution >= 0.6 is 31.9 Å². The molecule has 0 aromatic heterocycles. The molecule has 1 heterocycles. The fourth-order valence-corrected chi connectivity index (χ4v) is 1.69. The quantitative estimate of drug-likeness (QED) is 0.780. The Balaban J connectivity index is 2.72. The van der Waals surface area contributed by atoms with Crippen molar-refractivity contribution in [2.24, 2.45) is 0 Å². The lowest BCUT2D eigenvalue weighted by atomic mass is 10.4. The van der Waals surface area contributed by atoms with E-state index in [-0.39, 0.29) is 21.9 Å². The van der Waals surface area contributed by atoms with Crippen molar-refractivity contribution in [3.63, 3.8) is 0 Å². The van der Waals surface area contributed by atoms with Gasteiger partial charge in [0, 0.05) is 6.54 Å². The average Bonchev–Trinajstić information content (AvgIpc) is 2.29. The Kier molecular flexibility index (Phi) is 3.43. The number of imide groups is 1. The molecular weight excluding hydrogens is 322 g/mol. The molecule has 0 unspecified atom stereocenters. The van der Waals surface area contributed by atoms with Crippen molar-refractivity contribution >= 4 is 49.6 Å². The molecule has 1 N–H and O–H groups in total. The van der Waals surface area contributed by atoms with Crippen molar-refractivity contribution in [2.75, 3.05) is 6.54 Å². The van der Waals surface area contributed by atoms with Gasteiger partial charge in [-0.25, -0.2) is 0 Å². The van der Waals surface area contributed by atoms with Gasteiger partial charge in [0.15, 0.2) is 0 Å². The number of amides is 2. The minimum atomic E-state index is -1.05. The second kappa shape index (κ2) is 4.22. The van der Waals surface area contributed by atoms with Crippen LogP contribution in [-0.4, -0.2) is 34.3 Å². The van der Waals surface area contributed by atoms with E-state index < -0.39 is 17.8 Å². The summed E-state index contributed by atoms with van der Waals surface area (Å²) in [6.07, 6.45) is -0.252. The Morgan fingerprint density at radius 2 is 1.64 bits per heavy atom. The van der Waals surface area contributed by atoms with E-state index in [4.69, 9.17) is 5.11 Å². The van der Waals surface area contributed by atoms with Gasteiger partial charge < -0.3 is 5.11 Å². The number of aliphatic carboxylic acids is 1. The molecular formula is C7H5Br2NO4. The first kappa shape index (κ1) is 11.4. The molecule has 0 radical (unpaired) electrons. The van der Waals surface area contributed by atoms with E-state index in [2.05, 4.69) is 31.9 Å². The van der Waals surface area contributed by atoms with Crippen LogP contribution in [0.4, 0.5) is 0 Å². The van der Waals surface area contributed by atoms with E-state index in [0.717, 1.165) is 4.90 Å². The molecule has 0 atom stereocenters. The SMILES string of the molecule is O=C(O)CCN1C(=O)C(Br)=C(Br)C1=O. The summed E-state index contributed by atoms with van der Waals surface area (Å²) >= 11 is 5.86. The first-order chi connectivity index (χ1) is 6.45. The van der Waals surface area contributed by atoms with Crippen molar-refractivity contribution in [1.29, 1.82) is 0 Å². The monoisotopic (exact) mass is 325 g/mol. The number of carboxylic acid groups (broad SMARTS) is 1. The van der Waals surface area contributed by atoms with Gasteiger partial charge in [0.1, 0.15) is 8.96 Å². The Morgan fingerprint density at radius 3 is 2.00 bits per heavy atom. The first-order valence-corrected chi connectivity index (χ1v) is 5.17. The molecule has 0 saturated carbocycles. The van der Waals surface area contributed by atoms with Gasteiger partial charge in [-0.1, -0.05) is 0 Å². The van der Waals surface area contributed by atoms with Crippen molar-refractivity contribution < 1.29 is 19.5 Å². The van der Waals surface area contributed by atoms with Crippen LogP contribution in [0, 0.1) is 0 Å². The second-order valence-electron chi connectivity index (χ2n) is 2.53. The van der Waals surface area contributed by atoms with Crippen molar-refractivity contribution in [3.8, 4) is 0 Å². The lowest BCUT2D eigenvalue weighted by Gasteiger charge is -2.11. The third kappa shape index (κ3) is 2.03. The molecule has 1 aliphatic heterocycles. The van der Waals surface area contributed by atoms with Gasteiger partial charge in [-0.2, -0.15) is 0 Å². The number of hydrogen-bond acceptors (Lipinski definition) is 3. The van der Waals surface area contributed by atoms with Gasteiger partial charge in [0.05, 0.1) is 6.42 Å². The van der Waals surface area contributed by atoms with Crippen LogP contribution in [0.25, 0.3) is 0 Å². The van der Waals surface area contributed by atoms with E-state index >= 15 is 0 Å². The van der Waals surface area contributed by atoms with Crippen LogP contribution in [0.2, 0.25) is 0 Å². The summed E-state index contributed by atoms with van der Waals surface area (Å²) in [4.78, 5) is 33.8. The van der Waals surface area contributed by atoms with Crippen LogP contribution < -0.4 is 0 Å². The van der Waals surface area contributed by atoms with Crippen molar-refractivity contribution in [2.45, 2.75) is 6.42 Å². The summed E-state index contributed by atoms with van der Waals surface area (Å²) in [5.41, 5.74) is 0. The van der Waals surface area contributed by atoms with Crippen LogP contribution in [0.15, 0.2) is 8.96 Å². The molecule has 14 heavy (non-hydrogen) atoms. The predicted molar refractivity (Wildman–Crippen MR) is 53.9 cm³/mol. The molecule has 0 saturated heterocycles. The number of carboxylic acids is 1. The lowest BCUT2D eigenvalue weighted by Crippen LogP contribution is -2.33. The highest BCUT2D eigenvalue weighted by Gasteiger charge is 2.35. The minimum absolute atomic E-state index is 0.114. The summed E-state index contributed by atoms with van der Waals surface area (Å²) in [6.45, 7) is -0.114. The summed E-state index contributed by atoms with van der Waals surface area (Å²) in [5, 5.41) is 8.39. The van der Waals surface area contributed by atoms with Crippen LogP contribution in [0.3, 0.4) is 0 Å². The van der Waals surface area contributed by atoms with Crippen LogP contribution in [0.5, 0.6) is 0 Å². The predicted octanol–water partition coefficient (Wildman–Crippen LogP) is 0.831. The molecule has 1 rings (SSSR count). The fourth-order valence-electron chi connectivity index (χ4n) is 0.928. The van der Waals surface area contributed by atoms with E-state index in [9.17, 15) is 14.4 Å². The van der Waals surface area contributed by atoms with Gasteiger partial charge in [-0.15, -0.1) is 0 Å². The number of hydrogen-bond donors (Lipinski definition) is 1. The topological polar surface area (TPSA) is 74.7 Å². The summed E-state index contributed by atoms with van der Waals surface area (Å²) < 4.78 is 0.265. The molecule has 5 nitrogen and oxygen atoms in total. The summed E-state index contributed by atoms with van der Waals surface area (Å²) in [7, 11) is 0. The summed E-state index contributed by atoms with van der Waals surface area (Å²) in [6, 6.07) is 0. The number of carbonyl (C=O) groups excluding carboxylic acids is 2. The Hall–Kier alpha value is -0.690. The zero-order chi connectivity index (χ0) is 10.9. The van der Waals surface area contributed by atoms with Gasteiger partial charge in [-0.05, 0) is 31.9 Å². The molecule has 1 aliphatic rings. The van der Waals surface area contributed by atoms with Gasteiger partial charge >= 0.3 is 5.97 Å². The number of carbonyl (C=O) groups is 3. The average molecular weight is 327 g/mol. The molecule has 0 spiro atoms. The summed E-state index contributed by atoms with van der Waals surface area (Å²) in [5.74, 6) is -2.07. The van der Waals surface area contributed by atoms with Gasteiger partial charge in [-0.3, -0.25) is 19.3 Å². The third-order valence-electron chi connectivity index (χ3n) is 1.61. The van der Waals surface area contributed by atoms with E-state index in [1.165, 1.54) is 0 Å². The smallest absolute Gasteiger partial charge is 0.305 e. The van der Waals surface area contributed by atoms with E-state index in [0.29, 0.717) is 0 Å². The third-order valence-corrected chi connectivity index (χ3v) is 3.61. The molecule has 0 fully saturated rings. The number of halogens is 2. The highest BCUT2D eigenvalue weighted by Crippen LogP contribution is 2.29. The maximum absolute atomic E-state index is 11.3. The van der Waals surface area contributed by atoms with Gasteiger partial charge in [0.2, 0.25) is 0 Å². The first-order valence-electron chi connectivity index (χ1n) is 3.58. The molecule has 7 heteroatoms.